The van der Waals surface area contributed by atoms with E-state index in [1.165, 1.54) is 18.2 Å². The molecule has 2 aromatic carbocycles. The first-order valence-corrected chi connectivity index (χ1v) is 14.6. The predicted octanol–water partition coefficient (Wildman–Crippen LogP) is 1.52. The van der Waals surface area contributed by atoms with Gasteiger partial charge in [0.1, 0.15) is 11.5 Å². The number of amides is 1. The third-order valence-electron chi connectivity index (χ3n) is 7.33. The summed E-state index contributed by atoms with van der Waals surface area (Å²) in [5, 5.41) is 31.6. The number of carbonyl (C=O) groups excluding carboxylic acids is 2. The van der Waals surface area contributed by atoms with Gasteiger partial charge in [-0.3, -0.25) is 9.78 Å². The van der Waals surface area contributed by atoms with E-state index in [1.54, 1.807) is 36.4 Å². The van der Waals surface area contributed by atoms with E-state index < -0.39 is 30.4 Å². The molecule has 2 N–H and O–H groups in total. The molecular weight excluding hydrogens is 584 g/mol. The van der Waals surface area contributed by atoms with Crippen molar-refractivity contribution in [3.63, 3.8) is 0 Å². The van der Waals surface area contributed by atoms with Gasteiger partial charge in [-0.2, -0.15) is 0 Å². The van der Waals surface area contributed by atoms with Gasteiger partial charge in [0.25, 0.3) is 5.91 Å². The van der Waals surface area contributed by atoms with Crippen molar-refractivity contribution in [3.05, 3.63) is 108 Å². The summed E-state index contributed by atoms with van der Waals surface area (Å²) in [6.45, 7) is 4.32. The Kier molecular flexibility index (Phi) is 13.3. The summed E-state index contributed by atoms with van der Waals surface area (Å²) < 4.78 is 16.0. The normalized spacial score (nSPS) is 12.6. The van der Waals surface area contributed by atoms with Crippen LogP contribution in [0.25, 0.3) is 28.3 Å². The Hall–Kier alpha value is -3.60. The van der Waals surface area contributed by atoms with Crippen LogP contribution in [-0.2, 0) is 11.2 Å². The number of benzene rings is 2. The van der Waals surface area contributed by atoms with Gasteiger partial charge in [-0.25, -0.2) is 4.39 Å². The maximum atomic E-state index is 14.4. The van der Waals surface area contributed by atoms with E-state index in [2.05, 4.69) is 4.98 Å². The standard InChI is InChI=1S/C35H38FN3O5.Na/c1-23(2)39-30(17-16-28(40)21-29(41)22-31(42)43)32(25-12-14-26(36)15-13-25)33(24-9-5-4-6-10-24)34(39)35(44)38(3)20-18-27-11-7-8-19-37-27;/h4-17,19,23,28-29,40-41H,18,20-22H2,1-3H3,(H,42,43);/q;+1/p-1/b17-16+;/t28-,29-;/m1./s1. The summed E-state index contributed by atoms with van der Waals surface area (Å²) in [6.07, 6.45) is 2.12. The molecule has 0 saturated carbocycles. The minimum atomic E-state index is -1.41. The number of carboxylic acid groups (broad SMARTS) is 1. The molecule has 0 spiro atoms. The minimum Gasteiger partial charge on any atom is -0.550 e. The van der Waals surface area contributed by atoms with Gasteiger partial charge in [-0.15, -0.1) is 0 Å². The maximum Gasteiger partial charge on any atom is 1.00 e. The van der Waals surface area contributed by atoms with Crippen molar-refractivity contribution in [3.8, 4) is 22.3 Å². The van der Waals surface area contributed by atoms with Crippen molar-refractivity contribution in [2.45, 2.75) is 51.4 Å². The molecule has 2 heterocycles. The second kappa shape index (κ2) is 16.6. The fraction of sp³-hybridized carbons (Fsp3) is 0.286. The zero-order valence-corrected chi connectivity index (χ0v) is 28.1. The molecule has 0 radical (unpaired) electrons. The Balaban J connectivity index is 0.00000552. The molecule has 0 unspecified atom stereocenters. The Morgan fingerprint density at radius 3 is 2.22 bits per heavy atom. The molecule has 230 valence electrons. The first kappa shape index (κ1) is 35.9. The van der Waals surface area contributed by atoms with Gasteiger partial charge >= 0.3 is 29.6 Å². The average Bonchev–Trinajstić information content (AvgIpc) is 3.34. The Morgan fingerprint density at radius 2 is 1.62 bits per heavy atom. The zero-order valence-electron chi connectivity index (χ0n) is 26.1. The van der Waals surface area contributed by atoms with Crippen LogP contribution in [0.5, 0.6) is 0 Å². The van der Waals surface area contributed by atoms with Crippen molar-refractivity contribution in [1.82, 2.24) is 14.5 Å². The summed E-state index contributed by atoms with van der Waals surface area (Å²) in [7, 11) is 1.74. The molecule has 0 aliphatic heterocycles. The summed E-state index contributed by atoms with van der Waals surface area (Å²) in [5.41, 5.74) is 4.67. The van der Waals surface area contributed by atoms with Crippen LogP contribution in [0.15, 0.2) is 85.1 Å². The van der Waals surface area contributed by atoms with Crippen molar-refractivity contribution >= 4 is 18.0 Å². The van der Waals surface area contributed by atoms with E-state index in [0.29, 0.717) is 41.0 Å². The third kappa shape index (κ3) is 9.22. The van der Waals surface area contributed by atoms with Crippen LogP contribution in [0.1, 0.15) is 54.6 Å². The third-order valence-corrected chi connectivity index (χ3v) is 7.33. The van der Waals surface area contributed by atoms with E-state index in [-0.39, 0.29) is 47.9 Å². The Morgan fingerprint density at radius 1 is 0.978 bits per heavy atom. The number of nitrogens with zero attached hydrogens (tertiary/aromatic N) is 3. The molecule has 0 aliphatic rings. The van der Waals surface area contributed by atoms with Crippen molar-refractivity contribution in [2.24, 2.45) is 0 Å². The quantitative estimate of drug-likeness (QED) is 0.219. The number of rotatable bonds is 13. The summed E-state index contributed by atoms with van der Waals surface area (Å²) in [6, 6.07) is 20.9. The first-order valence-electron chi connectivity index (χ1n) is 14.6. The number of likely N-dealkylation sites (N-methyl/N-ethyl adjacent to an activating group) is 1. The topological polar surface area (TPSA) is 119 Å². The molecule has 1 amide bonds. The molecule has 2 aromatic heterocycles. The fourth-order valence-electron chi connectivity index (χ4n) is 5.26. The second-order valence-corrected chi connectivity index (χ2v) is 11.0. The first-order chi connectivity index (χ1) is 21.1. The van der Waals surface area contributed by atoms with Crippen molar-refractivity contribution < 1.29 is 58.9 Å². The van der Waals surface area contributed by atoms with Gasteiger partial charge in [-0.1, -0.05) is 54.6 Å². The van der Waals surface area contributed by atoms with Crippen molar-refractivity contribution in [2.75, 3.05) is 13.6 Å². The summed E-state index contributed by atoms with van der Waals surface area (Å²) in [5.74, 6) is -2.04. The van der Waals surface area contributed by atoms with Gasteiger partial charge in [-0.05, 0) is 55.3 Å². The SMILES string of the molecule is CC(C)n1c(/C=C/[C@@H](O)C[C@@H](O)CC(=O)[O-])c(-c2ccc(F)cc2)c(-c2ccccc2)c1C(=O)N(C)CCc1ccccn1.[Na+]. The minimum absolute atomic E-state index is 0. The molecule has 0 saturated heterocycles. The fourth-order valence-corrected chi connectivity index (χ4v) is 5.26. The van der Waals surface area contributed by atoms with E-state index in [4.69, 9.17) is 0 Å². The summed E-state index contributed by atoms with van der Waals surface area (Å²) in [4.78, 5) is 31.3. The van der Waals surface area contributed by atoms with Crippen LogP contribution in [-0.4, -0.2) is 62.3 Å². The average molecular weight is 622 g/mol. The smallest absolute Gasteiger partial charge is 0.550 e. The maximum absolute atomic E-state index is 14.4. The van der Waals surface area contributed by atoms with E-state index in [1.807, 2.05) is 66.9 Å². The number of halogens is 1. The van der Waals surface area contributed by atoms with Crippen molar-refractivity contribution in [1.29, 1.82) is 0 Å². The van der Waals surface area contributed by atoms with Crippen LogP contribution in [0.3, 0.4) is 0 Å². The molecule has 4 aromatic rings. The number of hydrogen-bond donors (Lipinski definition) is 2. The van der Waals surface area contributed by atoms with Crippen LogP contribution in [0.4, 0.5) is 4.39 Å². The zero-order chi connectivity index (χ0) is 31.8. The number of carbonyl (C=O) groups is 2. The number of aliphatic hydroxyl groups is 2. The van der Waals surface area contributed by atoms with Crippen LogP contribution in [0.2, 0.25) is 0 Å². The van der Waals surface area contributed by atoms with Crippen LogP contribution in [0, 0.1) is 5.82 Å². The monoisotopic (exact) mass is 621 g/mol. The number of hydrogen-bond acceptors (Lipinski definition) is 6. The molecule has 2 atom stereocenters. The Bertz CT molecular complexity index is 1590. The molecule has 0 aliphatic carbocycles. The van der Waals surface area contributed by atoms with Gasteiger partial charge in [0.05, 0.1) is 12.2 Å². The van der Waals surface area contributed by atoms with Crippen LogP contribution < -0.4 is 34.7 Å². The summed E-state index contributed by atoms with van der Waals surface area (Å²) >= 11 is 0. The van der Waals surface area contributed by atoms with Gasteiger partial charge in [0.15, 0.2) is 0 Å². The van der Waals surface area contributed by atoms with Crippen LogP contribution >= 0.6 is 0 Å². The number of pyridine rings is 1. The van der Waals surface area contributed by atoms with E-state index in [0.717, 1.165) is 11.3 Å². The molecule has 4 rings (SSSR count). The van der Waals surface area contributed by atoms with Gasteiger partial charge < -0.3 is 29.6 Å². The molecular formula is C35H37FN3NaO5. The predicted molar refractivity (Wildman–Crippen MR) is 166 cm³/mol. The number of aliphatic hydroxyl groups excluding tert-OH is 2. The van der Waals surface area contributed by atoms with Gasteiger partial charge in [0.2, 0.25) is 0 Å². The number of aliphatic carboxylic acids is 1. The second-order valence-electron chi connectivity index (χ2n) is 11.0. The van der Waals surface area contributed by atoms with E-state index in [9.17, 15) is 29.3 Å². The van der Waals surface area contributed by atoms with E-state index >= 15 is 0 Å². The molecule has 0 fully saturated rings. The number of aromatic nitrogens is 2. The number of carboxylic acids is 1. The Labute approximate surface area is 285 Å². The molecule has 8 nitrogen and oxygen atoms in total. The largest absolute Gasteiger partial charge is 1.00 e. The molecule has 45 heavy (non-hydrogen) atoms. The van der Waals surface area contributed by atoms with Gasteiger partial charge in [0, 0.05) is 73.6 Å². The molecule has 10 heteroatoms. The molecule has 0 bridgehead atoms.